The van der Waals surface area contributed by atoms with Crippen LogP contribution in [0.25, 0.3) is 0 Å². The lowest BCUT2D eigenvalue weighted by molar-refractivity contribution is -0.130. The van der Waals surface area contributed by atoms with E-state index in [0.29, 0.717) is 12.5 Å². The van der Waals surface area contributed by atoms with E-state index in [-0.39, 0.29) is 5.91 Å². The molecule has 1 saturated heterocycles. The number of rotatable bonds is 5. The Bertz CT molecular complexity index is 194. The molecular weight excluding hydrogens is 216 g/mol. The van der Waals surface area contributed by atoms with Gasteiger partial charge in [-0.25, -0.2) is 0 Å². The molecule has 0 unspecified atom stereocenters. The summed E-state index contributed by atoms with van der Waals surface area (Å²) in [5, 5.41) is 0. The van der Waals surface area contributed by atoms with E-state index in [1.807, 2.05) is 4.90 Å². The monoisotopic (exact) mass is 234 g/mol. The smallest absolute Gasteiger partial charge is 0.219 e. The van der Waals surface area contributed by atoms with Crippen LogP contribution in [0, 0.1) is 0 Å². The molecule has 0 atom stereocenters. The molecule has 4 nitrogen and oxygen atoms in total. The number of piperazine rings is 1. The molecule has 0 radical (unpaired) electrons. The Morgan fingerprint density at radius 1 is 1.27 bits per heavy atom. The highest BCUT2D eigenvalue weighted by atomic mass is 35.5. The number of hydrogen-bond donors (Lipinski definition) is 0. The highest BCUT2D eigenvalue weighted by Gasteiger charge is 2.17. The number of carbonyl (C=O) groups excluding carboxylic acids is 1. The topological polar surface area (TPSA) is 32.8 Å². The van der Waals surface area contributed by atoms with Gasteiger partial charge in [0.25, 0.3) is 0 Å². The van der Waals surface area contributed by atoms with E-state index in [1.54, 1.807) is 6.92 Å². The molecule has 0 aliphatic carbocycles. The zero-order valence-corrected chi connectivity index (χ0v) is 10.0. The van der Waals surface area contributed by atoms with Gasteiger partial charge in [0.05, 0.1) is 13.2 Å². The van der Waals surface area contributed by atoms with Crippen LogP contribution in [0.2, 0.25) is 0 Å². The molecule has 0 aromatic rings. The molecule has 5 heteroatoms. The molecule has 0 bridgehead atoms. The van der Waals surface area contributed by atoms with Crippen LogP contribution in [0.4, 0.5) is 0 Å². The third-order valence-electron chi connectivity index (χ3n) is 2.59. The number of carbonyl (C=O) groups is 1. The summed E-state index contributed by atoms with van der Waals surface area (Å²) < 4.78 is 5.31. The SMILES string of the molecule is CC(=O)N1CCN(CCOCCCl)CC1. The first kappa shape index (κ1) is 12.7. The molecule has 1 aliphatic heterocycles. The van der Waals surface area contributed by atoms with Crippen molar-refractivity contribution in [1.82, 2.24) is 9.80 Å². The van der Waals surface area contributed by atoms with Crippen molar-refractivity contribution in [1.29, 1.82) is 0 Å². The standard InChI is InChI=1S/C10H19ClN2O2/c1-10(14)13-5-3-12(4-6-13)7-9-15-8-2-11/h2-9H2,1H3. The van der Waals surface area contributed by atoms with Crippen LogP contribution in [-0.4, -0.2) is 67.5 Å². The maximum absolute atomic E-state index is 11.1. The molecule has 1 fully saturated rings. The van der Waals surface area contributed by atoms with Gasteiger partial charge in [-0.05, 0) is 0 Å². The van der Waals surface area contributed by atoms with Gasteiger partial charge in [0.15, 0.2) is 0 Å². The summed E-state index contributed by atoms with van der Waals surface area (Å²) in [4.78, 5) is 15.3. The van der Waals surface area contributed by atoms with Gasteiger partial charge in [0.1, 0.15) is 0 Å². The lowest BCUT2D eigenvalue weighted by Gasteiger charge is -2.34. The fourth-order valence-corrected chi connectivity index (χ4v) is 1.75. The quantitative estimate of drug-likeness (QED) is 0.510. The fourth-order valence-electron chi connectivity index (χ4n) is 1.64. The minimum Gasteiger partial charge on any atom is -0.379 e. The molecule has 88 valence electrons. The molecule has 0 saturated carbocycles. The van der Waals surface area contributed by atoms with Crippen molar-refractivity contribution in [3.05, 3.63) is 0 Å². The Morgan fingerprint density at radius 3 is 2.47 bits per heavy atom. The maximum Gasteiger partial charge on any atom is 0.219 e. The Balaban J connectivity index is 2.07. The molecule has 0 N–H and O–H groups in total. The molecule has 1 heterocycles. The van der Waals surface area contributed by atoms with E-state index in [1.165, 1.54) is 0 Å². The van der Waals surface area contributed by atoms with Crippen LogP contribution < -0.4 is 0 Å². The Morgan fingerprint density at radius 2 is 1.93 bits per heavy atom. The Labute approximate surface area is 96.1 Å². The lowest BCUT2D eigenvalue weighted by atomic mass is 10.3. The van der Waals surface area contributed by atoms with E-state index >= 15 is 0 Å². The summed E-state index contributed by atoms with van der Waals surface area (Å²) in [7, 11) is 0. The second-order valence-corrected chi connectivity index (χ2v) is 4.03. The first-order valence-electron chi connectivity index (χ1n) is 5.35. The summed E-state index contributed by atoms with van der Waals surface area (Å²) in [6.45, 7) is 7.48. The van der Waals surface area contributed by atoms with Gasteiger partial charge in [0, 0.05) is 45.5 Å². The maximum atomic E-state index is 11.1. The van der Waals surface area contributed by atoms with Crippen LogP contribution in [0.5, 0.6) is 0 Å². The first-order valence-corrected chi connectivity index (χ1v) is 5.89. The Hall–Kier alpha value is -0.320. The predicted molar refractivity (Wildman–Crippen MR) is 60.2 cm³/mol. The first-order chi connectivity index (χ1) is 7.24. The molecule has 0 aromatic heterocycles. The summed E-state index contributed by atoms with van der Waals surface area (Å²) in [5.74, 6) is 0.728. The molecule has 0 aromatic carbocycles. The lowest BCUT2D eigenvalue weighted by Crippen LogP contribution is -2.48. The van der Waals surface area contributed by atoms with Gasteiger partial charge in [-0.2, -0.15) is 0 Å². The third kappa shape index (κ3) is 4.82. The van der Waals surface area contributed by atoms with E-state index < -0.39 is 0 Å². The highest BCUT2D eigenvalue weighted by Crippen LogP contribution is 2.01. The van der Waals surface area contributed by atoms with Crippen molar-refractivity contribution in [2.45, 2.75) is 6.92 Å². The fraction of sp³-hybridized carbons (Fsp3) is 0.900. The van der Waals surface area contributed by atoms with E-state index in [0.717, 1.165) is 39.3 Å². The van der Waals surface area contributed by atoms with Gasteiger partial charge >= 0.3 is 0 Å². The molecule has 0 spiro atoms. The summed E-state index contributed by atoms with van der Waals surface area (Å²) in [6, 6.07) is 0. The number of alkyl halides is 1. The van der Waals surface area contributed by atoms with E-state index in [2.05, 4.69) is 4.90 Å². The third-order valence-corrected chi connectivity index (χ3v) is 2.75. The van der Waals surface area contributed by atoms with Crippen molar-refractivity contribution in [2.24, 2.45) is 0 Å². The number of hydrogen-bond acceptors (Lipinski definition) is 3. The number of amides is 1. The zero-order chi connectivity index (χ0) is 11.1. The van der Waals surface area contributed by atoms with Crippen molar-refractivity contribution in [2.75, 3.05) is 51.8 Å². The molecule has 1 amide bonds. The van der Waals surface area contributed by atoms with Gasteiger partial charge in [-0.3, -0.25) is 9.69 Å². The van der Waals surface area contributed by atoms with Crippen molar-refractivity contribution >= 4 is 17.5 Å². The van der Waals surface area contributed by atoms with Crippen LogP contribution in [0.1, 0.15) is 6.92 Å². The van der Waals surface area contributed by atoms with Gasteiger partial charge in [-0.1, -0.05) is 0 Å². The van der Waals surface area contributed by atoms with Gasteiger partial charge in [-0.15, -0.1) is 11.6 Å². The van der Waals surface area contributed by atoms with Crippen molar-refractivity contribution in [3.63, 3.8) is 0 Å². The van der Waals surface area contributed by atoms with Crippen LogP contribution in [0.15, 0.2) is 0 Å². The van der Waals surface area contributed by atoms with Crippen molar-refractivity contribution in [3.8, 4) is 0 Å². The van der Waals surface area contributed by atoms with E-state index in [9.17, 15) is 4.79 Å². The average Bonchev–Trinajstić information content (AvgIpc) is 2.25. The number of halogens is 1. The van der Waals surface area contributed by atoms with E-state index in [4.69, 9.17) is 16.3 Å². The second kappa shape index (κ2) is 7.04. The minimum atomic E-state index is 0.174. The molecule has 1 aliphatic rings. The summed E-state index contributed by atoms with van der Waals surface area (Å²) >= 11 is 5.49. The van der Waals surface area contributed by atoms with Gasteiger partial charge < -0.3 is 9.64 Å². The molecular formula is C10H19ClN2O2. The minimum absolute atomic E-state index is 0.174. The number of ether oxygens (including phenoxy) is 1. The summed E-state index contributed by atoms with van der Waals surface area (Å²) in [6.07, 6.45) is 0. The Kier molecular flexibility index (Phi) is 5.98. The predicted octanol–water partition coefficient (Wildman–Crippen LogP) is 0.406. The number of nitrogens with zero attached hydrogens (tertiary/aromatic N) is 2. The molecule has 15 heavy (non-hydrogen) atoms. The largest absolute Gasteiger partial charge is 0.379 e. The normalized spacial score (nSPS) is 18.1. The zero-order valence-electron chi connectivity index (χ0n) is 9.25. The van der Waals surface area contributed by atoms with Gasteiger partial charge in [0.2, 0.25) is 5.91 Å². The molecule has 1 rings (SSSR count). The van der Waals surface area contributed by atoms with Crippen molar-refractivity contribution < 1.29 is 9.53 Å². The average molecular weight is 235 g/mol. The highest BCUT2D eigenvalue weighted by molar-refractivity contribution is 6.17. The summed E-state index contributed by atoms with van der Waals surface area (Å²) in [5.41, 5.74) is 0. The van der Waals surface area contributed by atoms with Crippen LogP contribution >= 0.6 is 11.6 Å². The second-order valence-electron chi connectivity index (χ2n) is 3.65. The van der Waals surface area contributed by atoms with Crippen LogP contribution in [-0.2, 0) is 9.53 Å². The van der Waals surface area contributed by atoms with Crippen LogP contribution in [0.3, 0.4) is 0 Å².